The second kappa shape index (κ2) is 4.53. The second-order valence-corrected chi connectivity index (χ2v) is 5.17. The summed E-state index contributed by atoms with van der Waals surface area (Å²) in [6.45, 7) is 1.27. The minimum absolute atomic E-state index is 0.130. The molecule has 0 aliphatic heterocycles. The third kappa shape index (κ3) is 2.09. The average molecular weight is 229 g/mol. The van der Waals surface area contributed by atoms with E-state index in [2.05, 4.69) is 29.0 Å². The third-order valence-electron chi connectivity index (χ3n) is 3.95. The maximum atomic E-state index is 9.20. The van der Waals surface area contributed by atoms with Crippen molar-refractivity contribution in [1.82, 2.24) is 4.57 Å². The largest absolute Gasteiger partial charge is 0.392 e. The second-order valence-electron chi connectivity index (χ2n) is 5.17. The van der Waals surface area contributed by atoms with Crippen LogP contribution in [0.25, 0.3) is 10.9 Å². The Bertz CT molecular complexity index is 509. The van der Waals surface area contributed by atoms with Crippen LogP contribution in [0, 0.1) is 5.92 Å². The summed E-state index contributed by atoms with van der Waals surface area (Å²) in [4.78, 5) is 0. The van der Waals surface area contributed by atoms with Crippen LogP contribution in [-0.2, 0) is 13.2 Å². The maximum Gasteiger partial charge on any atom is 0.0682 e. The fourth-order valence-corrected chi connectivity index (χ4v) is 2.96. The van der Waals surface area contributed by atoms with Gasteiger partial charge in [-0.3, -0.25) is 0 Å². The quantitative estimate of drug-likeness (QED) is 0.858. The lowest BCUT2D eigenvalue weighted by Crippen LogP contribution is -2.06. The van der Waals surface area contributed by atoms with Crippen molar-refractivity contribution < 1.29 is 5.11 Å². The molecule has 0 unspecified atom stereocenters. The number of benzene rings is 1. The van der Waals surface area contributed by atoms with Gasteiger partial charge in [-0.2, -0.15) is 0 Å². The van der Waals surface area contributed by atoms with E-state index in [9.17, 15) is 5.11 Å². The standard InChI is InChI=1S/C15H19NO/c17-11-13-5-6-14-7-8-16(15(14)9-13)10-12-3-1-2-4-12/h5-9,12,17H,1-4,10-11H2. The number of aliphatic hydroxyl groups is 1. The van der Waals surface area contributed by atoms with Gasteiger partial charge < -0.3 is 9.67 Å². The highest BCUT2D eigenvalue weighted by Gasteiger charge is 2.16. The predicted molar refractivity (Wildman–Crippen MR) is 69.8 cm³/mol. The highest BCUT2D eigenvalue weighted by molar-refractivity contribution is 5.80. The van der Waals surface area contributed by atoms with E-state index in [4.69, 9.17) is 0 Å². The van der Waals surface area contributed by atoms with Crippen LogP contribution in [0.2, 0.25) is 0 Å². The number of hydrogen-bond donors (Lipinski definition) is 1. The predicted octanol–water partition coefficient (Wildman–Crippen LogP) is 3.32. The van der Waals surface area contributed by atoms with E-state index >= 15 is 0 Å². The van der Waals surface area contributed by atoms with Crippen molar-refractivity contribution in [2.24, 2.45) is 5.92 Å². The molecule has 1 fully saturated rings. The zero-order valence-corrected chi connectivity index (χ0v) is 10.1. The lowest BCUT2D eigenvalue weighted by molar-refractivity contribution is 0.282. The van der Waals surface area contributed by atoms with Crippen LogP contribution in [-0.4, -0.2) is 9.67 Å². The molecule has 0 amide bonds. The topological polar surface area (TPSA) is 25.2 Å². The van der Waals surface area contributed by atoms with Crippen LogP contribution < -0.4 is 0 Å². The van der Waals surface area contributed by atoms with Crippen LogP contribution in [0.3, 0.4) is 0 Å². The normalized spacial score (nSPS) is 17.0. The van der Waals surface area contributed by atoms with Gasteiger partial charge in [0.05, 0.1) is 6.61 Å². The smallest absolute Gasteiger partial charge is 0.0682 e. The average Bonchev–Trinajstić information content (AvgIpc) is 2.99. The van der Waals surface area contributed by atoms with Gasteiger partial charge in [0.15, 0.2) is 0 Å². The molecule has 1 N–H and O–H groups in total. The van der Waals surface area contributed by atoms with Crippen molar-refractivity contribution in [3.63, 3.8) is 0 Å². The Morgan fingerprint density at radius 2 is 2.00 bits per heavy atom. The first kappa shape index (κ1) is 10.8. The molecular weight excluding hydrogens is 210 g/mol. The Balaban J connectivity index is 1.92. The molecule has 0 spiro atoms. The molecule has 2 nitrogen and oxygen atoms in total. The SMILES string of the molecule is OCc1ccc2ccn(CC3CCCC3)c2c1. The summed E-state index contributed by atoms with van der Waals surface area (Å²) in [5.74, 6) is 0.850. The Labute approximate surface area is 102 Å². The van der Waals surface area contributed by atoms with Crippen molar-refractivity contribution >= 4 is 10.9 Å². The molecule has 1 aromatic heterocycles. The number of aromatic nitrogens is 1. The van der Waals surface area contributed by atoms with Crippen LogP contribution in [0.5, 0.6) is 0 Å². The molecule has 3 rings (SSSR count). The van der Waals surface area contributed by atoms with E-state index in [0.717, 1.165) is 18.0 Å². The highest BCUT2D eigenvalue weighted by atomic mass is 16.3. The van der Waals surface area contributed by atoms with Gasteiger partial charge in [-0.15, -0.1) is 0 Å². The molecule has 0 saturated heterocycles. The Morgan fingerprint density at radius 3 is 2.76 bits per heavy atom. The summed E-state index contributed by atoms with van der Waals surface area (Å²) in [5, 5.41) is 10.5. The highest BCUT2D eigenvalue weighted by Crippen LogP contribution is 2.28. The minimum Gasteiger partial charge on any atom is -0.392 e. The number of hydrogen-bond acceptors (Lipinski definition) is 1. The number of rotatable bonds is 3. The maximum absolute atomic E-state index is 9.20. The summed E-state index contributed by atoms with van der Waals surface area (Å²) in [5.41, 5.74) is 2.27. The molecule has 1 aromatic carbocycles. The molecule has 1 aliphatic carbocycles. The van der Waals surface area contributed by atoms with Gasteiger partial charge in [-0.05, 0) is 41.8 Å². The van der Waals surface area contributed by atoms with Crippen LogP contribution in [0.4, 0.5) is 0 Å². The lowest BCUT2D eigenvalue weighted by Gasteiger charge is -2.12. The summed E-state index contributed by atoms with van der Waals surface area (Å²) >= 11 is 0. The van der Waals surface area contributed by atoms with Gasteiger partial charge in [0.25, 0.3) is 0 Å². The van der Waals surface area contributed by atoms with Gasteiger partial charge in [0.2, 0.25) is 0 Å². The first-order valence-electron chi connectivity index (χ1n) is 6.55. The van der Waals surface area contributed by atoms with Gasteiger partial charge in [-0.25, -0.2) is 0 Å². The zero-order valence-electron chi connectivity index (χ0n) is 10.1. The molecule has 90 valence electrons. The number of fused-ring (bicyclic) bond motifs is 1. The fraction of sp³-hybridized carbons (Fsp3) is 0.467. The van der Waals surface area contributed by atoms with Gasteiger partial charge in [0.1, 0.15) is 0 Å². The molecule has 1 heterocycles. The van der Waals surface area contributed by atoms with Gasteiger partial charge in [0, 0.05) is 18.3 Å². The molecule has 2 aromatic rings. The molecule has 2 heteroatoms. The fourth-order valence-electron chi connectivity index (χ4n) is 2.96. The first-order chi connectivity index (χ1) is 8.36. The van der Waals surface area contributed by atoms with E-state index in [1.54, 1.807) is 0 Å². The van der Waals surface area contributed by atoms with Crippen LogP contribution >= 0.6 is 0 Å². The zero-order chi connectivity index (χ0) is 11.7. The van der Waals surface area contributed by atoms with Crippen LogP contribution in [0.15, 0.2) is 30.5 Å². The van der Waals surface area contributed by atoms with Crippen molar-refractivity contribution in [2.45, 2.75) is 38.8 Å². The number of aliphatic hydroxyl groups excluding tert-OH is 1. The van der Waals surface area contributed by atoms with Gasteiger partial charge >= 0.3 is 0 Å². The molecule has 0 radical (unpaired) electrons. The summed E-state index contributed by atoms with van der Waals surface area (Å²) in [6, 6.07) is 8.39. The van der Waals surface area contributed by atoms with E-state index in [0.29, 0.717) is 0 Å². The number of nitrogens with zero attached hydrogens (tertiary/aromatic N) is 1. The molecule has 1 aliphatic rings. The van der Waals surface area contributed by atoms with Crippen molar-refractivity contribution in [2.75, 3.05) is 0 Å². The molecule has 0 atom stereocenters. The summed E-state index contributed by atoms with van der Waals surface area (Å²) in [7, 11) is 0. The van der Waals surface area contributed by atoms with E-state index in [1.807, 2.05) is 6.07 Å². The van der Waals surface area contributed by atoms with Crippen LogP contribution in [0.1, 0.15) is 31.2 Å². The van der Waals surface area contributed by atoms with E-state index in [1.165, 1.54) is 36.6 Å². The van der Waals surface area contributed by atoms with Crippen molar-refractivity contribution in [3.05, 3.63) is 36.0 Å². The summed E-state index contributed by atoms with van der Waals surface area (Å²) < 4.78 is 2.35. The molecular formula is C15H19NO. The third-order valence-corrected chi connectivity index (χ3v) is 3.95. The van der Waals surface area contributed by atoms with Crippen molar-refractivity contribution in [3.8, 4) is 0 Å². The summed E-state index contributed by atoms with van der Waals surface area (Å²) in [6.07, 6.45) is 7.72. The van der Waals surface area contributed by atoms with Gasteiger partial charge in [-0.1, -0.05) is 25.0 Å². The monoisotopic (exact) mass is 229 g/mol. The van der Waals surface area contributed by atoms with E-state index in [-0.39, 0.29) is 6.61 Å². The molecule has 17 heavy (non-hydrogen) atoms. The van der Waals surface area contributed by atoms with E-state index < -0.39 is 0 Å². The Hall–Kier alpha value is -1.28. The Morgan fingerprint density at radius 1 is 1.18 bits per heavy atom. The van der Waals surface area contributed by atoms with Crippen molar-refractivity contribution in [1.29, 1.82) is 0 Å². The first-order valence-corrected chi connectivity index (χ1v) is 6.55. The molecule has 0 bridgehead atoms. The minimum atomic E-state index is 0.130. The molecule has 1 saturated carbocycles. The lowest BCUT2D eigenvalue weighted by atomic mass is 10.1. The Kier molecular flexibility index (Phi) is 2.89.